The molecule has 2 aromatic rings. The first-order valence-electron chi connectivity index (χ1n) is 11.3. The molecule has 1 fully saturated rings. The van der Waals surface area contributed by atoms with Gasteiger partial charge in [0.25, 0.3) is 5.56 Å². The van der Waals surface area contributed by atoms with Crippen LogP contribution in [0.3, 0.4) is 0 Å². The summed E-state index contributed by atoms with van der Waals surface area (Å²) in [7, 11) is 3.43. The van der Waals surface area contributed by atoms with E-state index in [1.165, 1.54) is 19.3 Å². The van der Waals surface area contributed by atoms with Gasteiger partial charge in [-0.3, -0.25) is 9.59 Å². The van der Waals surface area contributed by atoms with E-state index >= 15 is 0 Å². The molecule has 2 heterocycles. The van der Waals surface area contributed by atoms with Gasteiger partial charge in [-0.1, -0.05) is 25.3 Å². The molecule has 1 aliphatic heterocycles. The fourth-order valence-corrected chi connectivity index (χ4v) is 5.01. The van der Waals surface area contributed by atoms with Gasteiger partial charge in [0, 0.05) is 31.4 Å². The normalized spacial score (nSPS) is 21.0. The Kier molecular flexibility index (Phi) is 6.46. The second kappa shape index (κ2) is 9.27. The number of methoxy groups -OCH3 is 1. The lowest BCUT2D eigenvalue weighted by Gasteiger charge is -2.33. The van der Waals surface area contributed by atoms with Crippen molar-refractivity contribution < 1.29 is 14.3 Å². The van der Waals surface area contributed by atoms with Crippen LogP contribution in [0.1, 0.15) is 68.8 Å². The number of aromatic nitrogens is 1. The van der Waals surface area contributed by atoms with E-state index < -0.39 is 6.10 Å². The number of fused-ring (bicyclic) bond motifs is 3. The van der Waals surface area contributed by atoms with E-state index in [-0.39, 0.29) is 24.0 Å². The summed E-state index contributed by atoms with van der Waals surface area (Å²) in [4.78, 5) is 25.1. The van der Waals surface area contributed by atoms with Crippen LogP contribution < -0.4 is 15.6 Å². The standard InChI is InChI=1S/C25H32N2O4/c1-4-26-23(28)14-22-19-13-24(29)27(2)15-21(19)18-11-10-17(30-3)12-20(18)25(31-22)16-8-6-5-7-9-16/h10-13,15-16,22,25H,4-9,14H2,1-3H3,(H,26,28)/t22-,25-/m0/s1. The van der Waals surface area contributed by atoms with Crippen LogP contribution in [0, 0.1) is 5.92 Å². The fraction of sp³-hybridized carbons (Fsp3) is 0.520. The molecule has 1 aliphatic carbocycles. The number of hydrogen-bond acceptors (Lipinski definition) is 4. The third kappa shape index (κ3) is 4.40. The number of nitrogens with zero attached hydrogens (tertiary/aromatic N) is 1. The third-order valence-corrected chi connectivity index (χ3v) is 6.60. The monoisotopic (exact) mass is 424 g/mol. The third-order valence-electron chi connectivity index (χ3n) is 6.60. The number of amides is 1. The highest BCUT2D eigenvalue weighted by Crippen LogP contribution is 2.48. The van der Waals surface area contributed by atoms with Crippen molar-refractivity contribution in [2.45, 2.75) is 57.7 Å². The lowest BCUT2D eigenvalue weighted by Crippen LogP contribution is -2.28. The molecule has 0 saturated heterocycles. The van der Waals surface area contributed by atoms with Gasteiger partial charge in [-0.15, -0.1) is 0 Å². The molecule has 6 heteroatoms. The largest absolute Gasteiger partial charge is 0.497 e. The summed E-state index contributed by atoms with van der Waals surface area (Å²) in [6.45, 7) is 2.47. The van der Waals surface area contributed by atoms with Gasteiger partial charge in [0.1, 0.15) is 5.75 Å². The number of benzene rings is 1. The van der Waals surface area contributed by atoms with E-state index in [0.29, 0.717) is 12.5 Å². The summed E-state index contributed by atoms with van der Waals surface area (Å²) in [6, 6.07) is 7.72. The summed E-state index contributed by atoms with van der Waals surface area (Å²) < 4.78 is 13.9. The SMILES string of the molecule is CCNC(=O)C[C@@H]1O[C@@H](C2CCCCC2)c2cc(OC)ccc2-c2cn(C)c(=O)cc21. The first-order valence-corrected chi connectivity index (χ1v) is 11.3. The Hall–Kier alpha value is -2.60. The van der Waals surface area contributed by atoms with E-state index in [9.17, 15) is 9.59 Å². The number of carbonyl (C=O) groups excluding carboxylic acids is 1. The molecule has 6 nitrogen and oxygen atoms in total. The number of nitrogens with one attached hydrogen (secondary N) is 1. The zero-order valence-electron chi connectivity index (χ0n) is 18.6. The van der Waals surface area contributed by atoms with Gasteiger partial charge in [0.15, 0.2) is 0 Å². The predicted octanol–water partition coefficient (Wildman–Crippen LogP) is 4.28. The zero-order chi connectivity index (χ0) is 22.0. The van der Waals surface area contributed by atoms with Crippen LogP contribution in [0.4, 0.5) is 0 Å². The topological polar surface area (TPSA) is 69.6 Å². The number of ether oxygens (including phenoxy) is 2. The molecule has 2 atom stereocenters. The van der Waals surface area contributed by atoms with Crippen molar-refractivity contribution >= 4 is 5.91 Å². The van der Waals surface area contributed by atoms with Crippen LogP contribution in [0.5, 0.6) is 5.75 Å². The molecule has 1 amide bonds. The molecule has 0 spiro atoms. The van der Waals surface area contributed by atoms with Crippen LogP contribution >= 0.6 is 0 Å². The van der Waals surface area contributed by atoms with Gasteiger partial charge in [-0.25, -0.2) is 0 Å². The molecule has 1 saturated carbocycles. The van der Waals surface area contributed by atoms with E-state index in [4.69, 9.17) is 9.47 Å². The highest BCUT2D eigenvalue weighted by molar-refractivity contribution is 5.78. The maximum Gasteiger partial charge on any atom is 0.250 e. The molecule has 31 heavy (non-hydrogen) atoms. The van der Waals surface area contributed by atoms with E-state index in [1.54, 1.807) is 24.8 Å². The lowest BCUT2D eigenvalue weighted by molar-refractivity contribution is -0.127. The van der Waals surface area contributed by atoms with Gasteiger partial charge >= 0.3 is 0 Å². The minimum atomic E-state index is -0.472. The summed E-state index contributed by atoms with van der Waals surface area (Å²) in [5, 5.41) is 2.88. The van der Waals surface area contributed by atoms with Crippen molar-refractivity contribution in [1.29, 1.82) is 0 Å². The molecular formula is C25H32N2O4. The Morgan fingerprint density at radius 1 is 1.16 bits per heavy atom. The molecule has 166 valence electrons. The number of rotatable bonds is 5. The highest BCUT2D eigenvalue weighted by Gasteiger charge is 2.36. The van der Waals surface area contributed by atoms with Crippen molar-refractivity contribution in [2.24, 2.45) is 13.0 Å². The summed E-state index contributed by atoms with van der Waals surface area (Å²) in [5.74, 6) is 1.10. The summed E-state index contributed by atoms with van der Waals surface area (Å²) >= 11 is 0. The Morgan fingerprint density at radius 2 is 1.94 bits per heavy atom. The fourth-order valence-electron chi connectivity index (χ4n) is 5.01. The Morgan fingerprint density at radius 3 is 2.65 bits per heavy atom. The molecule has 1 aromatic carbocycles. The number of pyridine rings is 1. The molecule has 4 rings (SSSR count). The molecule has 2 aliphatic rings. The molecule has 1 N–H and O–H groups in total. The maximum absolute atomic E-state index is 12.5. The van der Waals surface area contributed by atoms with Crippen LogP contribution in [-0.2, 0) is 16.6 Å². The van der Waals surface area contributed by atoms with Gasteiger partial charge in [-0.05, 0) is 54.5 Å². The van der Waals surface area contributed by atoms with E-state index in [0.717, 1.165) is 40.8 Å². The molecule has 0 bridgehead atoms. The van der Waals surface area contributed by atoms with Gasteiger partial charge in [0.05, 0.1) is 25.7 Å². The number of carbonyl (C=O) groups is 1. The second-order valence-corrected chi connectivity index (χ2v) is 8.65. The smallest absolute Gasteiger partial charge is 0.250 e. The van der Waals surface area contributed by atoms with E-state index in [1.807, 2.05) is 19.2 Å². The van der Waals surface area contributed by atoms with Crippen LogP contribution in [0.25, 0.3) is 11.1 Å². The molecule has 1 aromatic heterocycles. The Balaban J connectivity index is 1.88. The minimum Gasteiger partial charge on any atom is -0.497 e. The second-order valence-electron chi connectivity index (χ2n) is 8.65. The molecule has 0 radical (unpaired) electrons. The predicted molar refractivity (Wildman–Crippen MR) is 120 cm³/mol. The van der Waals surface area contributed by atoms with E-state index in [2.05, 4.69) is 17.4 Å². The van der Waals surface area contributed by atoms with Crippen LogP contribution in [-0.4, -0.2) is 24.1 Å². The summed E-state index contributed by atoms with van der Waals surface area (Å²) in [6.07, 6.45) is 7.31. The highest BCUT2D eigenvalue weighted by atomic mass is 16.5. The van der Waals surface area contributed by atoms with Crippen molar-refractivity contribution in [2.75, 3.05) is 13.7 Å². The first kappa shape index (κ1) is 21.6. The Labute approximate surface area is 183 Å². The van der Waals surface area contributed by atoms with Crippen molar-refractivity contribution in [1.82, 2.24) is 9.88 Å². The quantitative estimate of drug-likeness (QED) is 0.778. The number of aryl methyl sites for hydroxylation is 1. The van der Waals surface area contributed by atoms with Gasteiger partial charge in [0.2, 0.25) is 5.91 Å². The maximum atomic E-state index is 12.5. The van der Waals surface area contributed by atoms with Gasteiger partial charge < -0.3 is 19.4 Å². The van der Waals surface area contributed by atoms with Crippen LogP contribution in [0.15, 0.2) is 35.3 Å². The molecule has 0 unspecified atom stereocenters. The Bertz CT molecular complexity index is 1010. The summed E-state index contributed by atoms with van der Waals surface area (Å²) in [5.41, 5.74) is 3.78. The average molecular weight is 425 g/mol. The van der Waals surface area contributed by atoms with Crippen molar-refractivity contribution in [3.05, 3.63) is 51.9 Å². The van der Waals surface area contributed by atoms with Crippen LogP contribution in [0.2, 0.25) is 0 Å². The first-order chi connectivity index (χ1) is 15.0. The number of hydrogen-bond donors (Lipinski definition) is 1. The van der Waals surface area contributed by atoms with Crippen molar-refractivity contribution in [3.63, 3.8) is 0 Å². The minimum absolute atomic E-state index is 0.0648. The average Bonchev–Trinajstić information content (AvgIpc) is 2.90. The molecular weight excluding hydrogens is 392 g/mol. The lowest BCUT2D eigenvalue weighted by atomic mass is 9.81. The van der Waals surface area contributed by atoms with Crippen molar-refractivity contribution in [3.8, 4) is 16.9 Å². The van der Waals surface area contributed by atoms with Gasteiger partial charge in [-0.2, -0.15) is 0 Å². The zero-order valence-corrected chi connectivity index (χ0v) is 18.6.